The molecule has 10 heteroatoms. The number of fused-ring (bicyclic) bond motifs is 1. The van der Waals surface area contributed by atoms with Crippen molar-refractivity contribution in [2.75, 3.05) is 25.7 Å². The number of likely N-dealkylation sites (N-methyl/N-ethyl adjacent to an activating group) is 1. The minimum Gasteiger partial charge on any atom is -0.467 e. The fourth-order valence-electron chi connectivity index (χ4n) is 4.12. The number of hydrogen-bond acceptors (Lipinski definition) is 7. The lowest BCUT2D eigenvalue weighted by Gasteiger charge is -2.33. The number of aliphatic hydroxyl groups is 1. The van der Waals surface area contributed by atoms with Crippen LogP contribution in [0.2, 0.25) is 0 Å². The minimum absolute atomic E-state index is 0.175. The van der Waals surface area contributed by atoms with Gasteiger partial charge in [-0.3, -0.25) is 4.79 Å². The van der Waals surface area contributed by atoms with Crippen molar-refractivity contribution < 1.29 is 27.9 Å². The number of nitrogens with zero attached hydrogens (tertiary/aromatic N) is 2. The second-order valence-corrected chi connectivity index (χ2v) is 10.5. The van der Waals surface area contributed by atoms with Gasteiger partial charge < -0.3 is 20.1 Å². The zero-order chi connectivity index (χ0) is 25.9. The van der Waals surface area contributed by atoms with Crippen molar-refractivity contribution in [3.05, 3.63) is 60.3 Å². The number of carbonyl (C=O) groups is 2. The van der Waals surface area contributed by atoms with Crippen molar-refractivity contribution in [3.8, 4) is 0 Å². The smallest absolute Gasteiger partial charge is 0.330 e. The van der Waals surface area contributed by atoms with Gasteiger partial charge in [-0.1, -0.05) is 37.6 Å². The normalized spacial score (nSPS) is 13.5. The number of rotatable bonds is 9. The summed E-state index contributed by atoms with van der Waals surface area (Å²) in [4.78, 5) is 26.9. The highest BCUT2D eigenvalue weighted by atomic mass is 32.2. The number of benzene rings is 2. The lowest BCUT2D eigenvalue weighted by Crippen LogP contribution is -2.54. The van der Waals surface area contributed by atoms with Gasteiger partial charge >= 0.3 is 5.97 Å². The van der Waals surface area contributed by atoms with Gasteiger partial charge in [0, 0.05) is 24.3 Å². The number of nitrogens with one attached hydrogen (secondary N) is 1. The summed E-state index contributed by atoms with van der Waals surface area (Å²) >= 11 is 0. The van der Waals surface area contributed by atoms with Crippen molar-refractivity contribution in [2.24, 2.45) is 5.92 Å². The maximum absolute atomic E-state index is 13.3. The Balaban J connectivity index is 2.01. The molecule has 0 saturated heterocycles. The topological polar surface area (TPSA) is 118 Å². The average Bonchev–Trinajstić information content (AvgIpc) is 3.27. The van der Waals surface area contributed by atoms with E-state index in [9.17, 15) is 23.1 Å². The van der Waals surface area contributed by atoms with E-state index in [2.05, 4.69) is 10.1 Å². The number of amides is 1. The highest BCUT2D eigenvalue weighted by molar-refractivity contribution is 7.90. The third-order valence-corrected chi connectivity index (χ3v) is 7.64. The molecule has 1 aromatic heterocycles. The van der Waals surface area contributed by atoms with E-state index in [1.54, 1.807) is 60.5 Å². The minimum atomic E-state index is -3.83. The summed E-state index contributed by atoms with van der Waals surface area (Å²) in [5, 5.41) is 12.7. The number of hydrogen-bond donors (Lipinski definition) is 2. The van der Waals surface area contributed by atoms with Crippen LogP contribution in [0.3, 0.4) is 0 Å². The average molecular weight is 502 g/mol. The number of esters is 1. The molecule has 2 aromatic carbocycles. The first kappa shape index (κ1) is 26.2. The van der Waals surface area contributed by atoms with Gasteiger partial charge in [0.1, 0.15) is 6.04 Å². The molecule has 2 atom stereocenters. The highest BCUT2D eigenvalue weighted by Gasteiger charge is 2.32. The van der Waals surface area contributed by atoms with Gasteiger partial charge in [0.05, 0.1) is 24.1 Å². The quantitative estimate of drug-likeness (QED) is 0.432. The maximum atomic E-state index is 13.3. The van der Waals surface area contributed by atoms with Crippen molar-refractivity contribution in [1.29, 1.82) is 0 Å². The Morgan fingerprint density at radius 2 is 1.77 bits per heavy atom. The van der Waals surface area contributed by atoms with E-state index < -0.39 is 40.6 Å². The molecule has 0 unspecified atom stereocenters. The van der Waals surface area contributed by atoms with Gasteiger partial charge in [0.15, 0.2) is 6.04 Å². The van der Waals surface area contributed by atoms with Gasteiger partial charge in [-0.25, -0.2) is 17.2 Å². The summed E-state index contributed by atoms with van der Waals surface area (Å²) in [7, 11) is -0.914. The highest BCUT2D eigenvalue weighted by Crippen LogP contribution is 2.32. The van der Waals surface area contributed by atoms with E-state index in [0.717, 1.165) is 5.56 Å². The van der Waals surface area contributed by atoms with Gasteiger partial charge in [0.2, 0.25) is 5.91 Å². The Hall–Kier alpha value is -3.37. The molecule has 3 rings (SSSR count). The summed E-state index contributed by atoms with van der Waals surface area (Å²) in [6.45, 7) is 5.01. The predicted molar refractivity (Wildman–Crippen MR) is 134 cm³/mol. The van der Waals surface area contributed by atoms with Crippen LogP contribution in [0.25, 0.3) is 10.9 Å². The monoisotopic (exact) mass is 501 g/mol. The van der Waals surface area contributed by atoms with Crippen LogP contribution < -0.4 is 10.2 Å². The molecule has 35 heavy (non-hydrogen) atoms. The van der Waals surface area contributed by atoms with Gasteiger partial charge in [-0.15, -0.1) is 0 Å². The number of aliphatic hydroxyl groups excluding tert-OH is 1. The van der Waals surface area contributed by atoms with E-state index in [1.165, 1.54) is 17.3 Å². The lowest BCUT2D eigenvalue weighted by atomic mass is 10.00. The van der Waals surface area contributed by atoms with Crippen molar-refractivity contribution in [3.63, 3.8) is 0 Å². The molecule has 2 N–H and O–H groups in total. The van der Waals surface area contributed by atoms with Crippen LogP contribution in [0.1, 0.15) is 19.4 Å². The molecule has 3 aromatic rings. The fourth-order valence-corrected chi connectivity index (χ4v) is 5.47. The first-order chi connectivity index (χ1) is 16.5. The number of carbonyl (C=O) groups excluding carboxylic acids is 2. The lowest BCUT2D eigenvalue weighted by molar-refractivity contribution is -0.146. The van der Waals surface area contributed by atoms with Crippen LogP contribution in [0.15, 0.2) is 59.6 Å². The second-order valence-electron chi connectivity index (χ2n) is 8.71. The Kier molecular flexibility index (Phi) is 7.86. The van der Waals surface area contributed by atoms with Crippen LogP contribution in [0.5, 0.6) is 0 Å². The molecule has 0 saturated carbocycles. The van der Waals surface area contributed by atoms with Crippen molar-refractivity contribution >= 4 is 38.5 Å². The summed E-state index contributed by atoms with van der Waals surface area (Å²) in [6.07, 6.45) is 1.50. The molecule has 0 bridgehead atoms. The van der Waals surface area contributed by atoms with E-state index in [-0.39, 0.29) is 10.8 Å². The van der Waals surface area contributed by atoms with Crippen LogP contribution >= 0.6 is 0 Å². The summed E-state index contributed by atoms with van der Waals surface area (Å²) < 4.78 is 32.5. The van der Waals surface area contributed by atoms with Gasteiger partial charge in [-0.2, -0.15) is 0 Å². The molecule has 0 fully saturated rings. The number of aryl methyl sites for hydroxylation is 1. The zero-order valence-corrected chi connectivity index (χ0v) is 21.2. The van der Waals surface area contributed by atoms with E-state index >= 15 is 0 Å². The first-order valence-electron chi connectivity index (χ1n) is 11.2. The molecule has 0 aliphatic rings. The number of aromatic nitrogens is 1. The molecule has 0 aliphatic carbocycles. The molecular weight excluding hydrogens is 470 g/mol. The Morgan fingerprint density at radius 3 is 2.34 bits per heavy atom. The second kappa shape index (κ2) is 10.5. The van der Waals surface area contributed by atoms with Crippen LogP contribution in [-0.4, -0.2) is 62.2 Å². The fraction of sp³-hybridized carbons (Fsp3) is 0.360. The zero-order valence-electron chi connectivity index (χ0n) is 20.4. The van der Waals surface area contributed by atoms with E-state index in [0.29, 0.717) is 16.6 Å². The summed E-state index contributed by atoms with van der Waals surface area (Å²) in [5.74, 6) is -1.38. The number of anilines is 1. The molecule has 1 amide bonds. The largest absolute Gasteiger partial charge is 0.467 e. The molecule has 0 spiro atoms. The Labute approximate surface area is 205 Å². The standard InChI is InChI=1S/C25H31N3O6S/c1-16(2)23(24(30)26-20(15-29)25(31)34-5)27(4)21-7-6-8-22-19(21)13-14-28(22)35(32,33)18-11-9-17(3)10-12-18/h6-14,16,20,23,29H,15H2,1-5H3,(H,26,30)/t20-,23-/m0/s1. The molecule has 1 heterocycles. The molecule has 188 valence electrons. The van der Waals surface area contributed by atoms with Crippen LogP contribution in [-0.2, 0) is 24.3 Å². The van der Waals surface area contributed by atoms with E-state index in [1.807, 2.05) is 20.8 Å². The first-order valence-corrected chi connectivity index (χ1v) is 12.6. The number of methoxy groups -OCH3 is 1. The predicted octanol–water partition coefficient (Wildman–Crippen LogP) is 2.30. The molecule has 9 nitrogen and oxygen atoms in total. The molecule has 0 radical (unpaired) electrons. The van der Waals surface area contributed by atoms with Crippen LogP contribution in [0.4, 0.5) is 5.69 Å². The maximum Gasteiger partial charge on any atom is 0.330 e. The molecule has 0 aliphatic heterocycles. The van der Waals surface area contributed by atoms with E-state index in [4.69, 9.17) is 0 Å². The van der Waals surface area contributed by atoms with Crippen molar-refractivity contribution in [2.45, 2.75) is 37.8 Å². The Bertz CT molecular complexity index is 1310. The third kappa shape index (κ3) is 5.18. The van der Waals surface area contributed by atoms with Gasteiger partial charge in [-0.05, 0) is 43.2 Å². The van der Waals surface area contributed by atoms with Crippen LogP contribution in [0, 0.1) is 12.8 Å². The molecular formula is C25H31N3O6S. The third-order valence-electron chi connectivity index (χ3n) is 5.93. The summed E-state index contributed by atoms with van der Waals surface area (Å²) in [5.41, 5.74) is 2.08. The summed E-state index contributed by atoms with van der Waals surface area (Å²) in [6, 6.07) is 11.7. The van der Waals surface area contributed by atoms with Crippen molar-refractivity contribution in [1.82, 2.24) is 9.29 Å². The van der Waals surface area contributed by atoms with Gasteiger partial charge in [0.25, 0.3) is 10.0 Å². The Morgan fingerprint density at radius 1 is 1.11 bits per heavy atom. The number of ether oxygens (including phenoxy) is 1. The SMILES string of the molecule is COC(=O)[C@H](CO)NC(=O)[C@H](C(C)C)N(C)c1cccc2c1ccn2S(=O)(=O)c1ccc(C)cc1.